The molecule has 0 aromatic heterocycles. The molecule has 2 aromatic rings. The lowest BCUT2D eigenvalue weighted by Gasteiger charge is -2.25. The molecule has 0 aliphatic carbocycles. The quantitative estimate of drug-likeness (QED) is 0.789. The van der Waals surface area contributed by atoms with Crippen molar-refractivity contribution in [3.05, 3.63) is 64.4 Å². The topological polar surface area (TPSA) is 64.4 Å². The number of hydrogen-bond acceptors (Lipinski definition) is 3. The number of carbonyl (C=O) groups excluding carboxylic acids is 1. The summed E-state index contributed by atoms with van der Waals surface area (Å²) >= 11 is 3.35. The van der Waals surface area contributed by atoms with E-state index in [2.05, 4.69) is 21.2 Å². The van der Waals surface area contributed by atoms with Crippen molar-refractivity contribution < 1.29 is 13.9 Å². The van der Waals surface area contributed by atoms with Crippen LogP contribution in [0.25, 0.3) is 0 Å². The number of rotatable bonds is 6. The van der Waals surface area contributed by atoms with E-state index < -0.39 is 17.5 Å². The van der Waals surface area contributed by atoms with Gasteiger partial charge in [0.1, 0.15) is 11.6 Å². The second kappa shape index (κ2) is 7.77. The predicted octanol–water partition coefficient (Wildman–Crippen LogP) is 3.35. The third kappa shape index (κ3) is 4.55. The molecular weight excluding hydrogens is 375 g/mol. The molecule has 3 N–H and O–H groups in total. The number of nitrogens with two attached hydrogens (primary N) is 1. The SMILES string of the molecule is CC(CNC(=O)C(C)(N)c1ccc(Br)cc1)Oc1ccccc1F. The van der Waals surface area contributed by atoms with E-state index >= 15 is 0 Å². The summed E-state index contributed by atoms with van der Waals surface area (Å²) in [4.78, 5) is 12.4. The van der Waals surface area contributed by atoms with Crippen molar-refractivity contribution in [2.45, 2.75) is 25.5 Å². The molecule has 0 bridgehead atoms. The summed E-state index contributed by atoms with van der Waals surface area (Å²) in [5.41, 5.74) is 5.70. The summed E-state index contributed by atoms with van der Waals surface area (Å²) in [6, 6.07) is 13.4. The molecule has 0 radical (unpaired) electrons. The van der Waals surface area contributed by atoms with Crippen molar-refractivity contribution in [3.63, 3.8) is 0 Å². The maximum atomic E-state index is 13.6. The first kappa shape index (κ1) is 18.4. The summed E-state index contributed by atoms with van der Waals surface area (Å²) in [5, 5.41) is 2.75. The maximum absolute atomic E-state index is 13.6. The Hall–Kier alpha value is -1.92. The summed E-state index contributed by atoms with van der Waals surface area (Å²) in [5.74, 6) is -0.606. The van der Waals surface area contributed by atoms with Crippen LogP contribution in [-0.2, 0) is 10.3 Å². The molecular formula is C18H20BrFN2O2. The van der Waals surface area contributed by atoms with Crippen LogP contribution < -0.4 is 15.8 Å². The normalized spacial score (nSPS) is 14.5. The molecule has 24 heavy (non-hydrogen) atoms. The van der Waals surface area contributed by atoms with Crippen LogP contribution >= 0.6 is 15.9 Å². The Morgan fingerprint density at radius 3 is 2.54 bits per heavy atom. The minimum Gasteiger partial charge on any atom is -0.486 e. The Morgan fingerprint density at radius 1 is 1.29 bits per heavy atom. The summed E-state index contributed by atoms with van der Waals surface area (Å²) in [7, 11) is 0. The predicted molar refractivity (Wildman–Crippen MR) is 95.2 cm³/mol. The lowest BCUT2D eigenvalue weighted by Crippen LogP contribution is -2.50. The number of carbonyl (C=O) groups is 1. The van der Waals surface area contributed by atoms with Gasteiger partial charge in [0.2, 0.25) is 5.91 Å². The molecule has 0 fully saturated rings. The zero-order valence-electron chi connectivity index (χ0n) is 13.6. The zero-order chi connectivity index (χ0) is 17.7. The fourth-order valence-corrected chi connectivity index (χ4v) is 2.41. The highest BCUT2D eigenvalue weighted by Crippen LogP contribution is 2.21. The van der Waals surface area contributed by atoms with Crippen LogP contribution in [0.2, 0.25) is 0 Å². The monoisotopic (exact) mass is 394 g/mol. The maximum Gasteiger partial charge on any atom is 0.244 e. The van der Waals surface area contributed by atoms with E-state index in [1.165, 1.54) is 6.07 Å². The van der Waals surface area contributed by atoms with Gasteiger partial charge < -0.3 is 15.8 Å². The molecule has 0 spiro atoms. The molecule has 2 unspecified atom stereocenters. The van der Waals surface area contributed by atoms with Gasteiger partial charge in [-0.25, -0.2) is 4.39 Å². The van der Waals surface area contributed by atoms with Crippen LogP contribution in [0.5, 0.6) is 5.75 Å². The molecule has 4 nitrogen and oxygen atoms in total. The molecule has 1 amide bonds. The highest BCUT2D eigenvalue weighted by Gasteiger charge is 2.30. The lowest BCUT2D eigenvalue weighted by atomic mass is 9.92. The number of amides is 1. The van der Waals surface area contributed by atoms with Gasteiger partial charge in [0.05, 0.1) is 6.54 Å². The number of halogens is 2. The van der Waals surface area contributed by atoms with Crippen LogP contribution in [0.4, 0.5) is 4.39 Å². The minimum absolute atomic E-state index is 0.155. The van der Waals surface area contributed by atoms with Crippen LogP contribution in [0.1, 0.15) is 19.4 Å². The summed E-state index contributed by atoms with van der Waals surface area (Å²) in [6.07, 6.45) is -0.397. The molecule has 2 aromatic carbocycles. The first-order chi connectivity index (χ1) is 11.3. The van der Waals surface area contributed by atoms with Crippen LogP contribution in [-0.4, -0.2) is 18.6 Å². The van der Waals surface area contributed by atoms with Gasteiger partial charge in [0, 0.05) is 4.47 Å². The minimum atomic E-state index is -1.17. The number of ether oxygens (including phenoxy) is 1. The molecule has 0 saturated carbocycles. The standard InChI is InChI=1S/C18H20BrFN2O2/c1-12(24-16-6-4-3-5-15(16)20)11-22-17(23)18(2,21)13-7-9-14(19)10-8-13/h3-10,12H,11,21H2,1-2H3,(H,22,23). The fourth-order valence-electron chi connectivity index (χ4n) is 2.15. The first-order valence-corrected chi connectivity index (χ1v) is 8.34. The third-order valence-electron chi connectivity index (χ3n) is 3.63. The van der Waals surface area contributed by atoms with Crippen molar-refractivity contribution >= 4 is 21.8 Å². The molecule has 6 heteroatoms. The van der Waals surface area contributed by atoms with Gasteiger partial charge in [-0.3, -0.25) is 4.79 Å². The Labute approximate surface area is 149 Å². The van der Waals surface area contributed by atoms with Gasteiger partial charge in [-0.05, 0) is 43.7 Å². The molecule has 0 saturated heterocycles. The van der Waals surface area contributed by atoms with Crippen molar-refractivity contribution in [1.82, 2.24) is 5.32 Å². The van der Waals surface area contributed by atoms with Crippen molar-refractivity contribution in [1.29, 1.82) is 0 Å². The molecule has 0 heterocycles. The lowest BCUT2D eigenvalue weighted by molar-refractivity contribution is -0.126. The number of nitrogens with one attached hydrogen (secondary N) is 1. The van der Waals surface area contributed by atoms with E-state index in [-0.39, 0.29) is 18.2 Å². The van der Waals surface area contributed by atoms with Crippen LogP contribution in [0.15, 0.2) is 53.0 Å². The fraction of sp³-hybridized carbons (Fsp3) is 0.278. The zero-order valence-corrected chi connectivity index (χ0v) is 15.1. The molecule has 128 valence electrons. The van der Waals surface area contributed by atoms with Crippen molar-refractivity contribution in [2.24, 2.45) is 5.73 Å². The van der Waals surface area contributed by atoms with Crippen molar-refractivity contribution in [3.8, 4) is 5.75 Å². The molecule has 0 aliphatic rings. The molecule has 2 atom stereocenters. The van der Waals surface area contributed by atoms with Crippen LogP contribution in [0.3, 0.4) is 0 Å². The van der Waals surface area contributed by atoms with Crippen molar-refractivity contribution in [2.75, 3.05) is 6.54 Å². The number of para-hydroxylation sites is 1. The average molecular weight is 395 g/mol. The summed E-state index contributed by atoms with van der Waals surface area (Å²) < 4.78 is 20.0. The first-order valence-electron chi connectivity index (χ1n) is 7.55. The van der Waals surface area contributed by atoms with Gasteiger partial charge >= 0.3 is 0 Å². The molecule has 0 aliphatic heterocycles. The van der Waals surface area contributed by atoms with E-state index in [1.807, 2.05) is 12.1 Å². The second-order valence-corrected chi connectivity index (χ2v) is 6.69. The number of benzene rings is 2. The summed E-state index contributed by atoms with van der Waals surface area (Å²) in [6.45, 7) is 3.62. The third-order valence-corrected chi connectivity index (χ3v) is 4.16. The Morgan fingerprint density at radius 2 is 1.92 bits per heavy atom. The van der Waals surface area contributed by atoms with Gasteiger partial charge in [0.15, 0.2) is 11.6 Å². The highest BCUT2D eigenvalue weighted by atomic mass is 79.9. The second-order valence-electron chi connectivity index (χ2n) is 5.78. The smallest absolute Gasteiger partial charge is 0.244 e. The molecule has 2 rings (SSSR count). The van der Waals surface area contributed by atoms with E-state index in [0.717, 1.165) is 4.47 Å². The van der Waals surface area contributed by atoms with Gasteiger partial charge in [-0.15, -0.1) is 0 Å². The Bertz CT molecular complexity index is 704. The van der Waals surface area contributed by atoms with Gasteiger partial charge in [-0.2, -0.15) is 0 Å². The van der Waals surface area contributed by atoms with Gasteiger partial charge in [0.25, 0.3) is 0 Å². The van der Waals surface area contributed by atoms with E-state index in [4.69, 9.17) is 10.5 Å². The van der Waals surface area contributed by atoms with Crippen LogP contribution in [0, 0.1) is 5.82 Å². The van der Waals surface area contributed by atoms with E-state index in [1.54, 1.807) is 44.2 Å². The van der Waals surface area contributed by atoms with Gasteiger partial charge in [-0.1, -0.05) is 40.2 Å². The average Bonchev–Trinajstić information content (AvgIpc) is 2.55. The van der Waals surface area contributed by atoms with E-state index in [0.29, 0.717) is 5.56 Å². The largest absolute Gasteiger partial charge is 0.486 e. The highest BCUT2D eigenvalue weighted by molar-refractivity contribution is 9.10. The van der Waals surface area contributed by atoms with E-state index in [9.17, 15) is 9.18 Å². The number of hydrogen-bond donors (Lipinski definition) is 2. The Balaban J connectivity index is 1.94. The Kier molecular flexibility index (Phi) is 5.96.